The minimum absolute atomic E-state index is 0.368. The summed E-state index contributed by atoms with van der Waals surface area (Å²) in [6, 6.07) is 0.509. The lowest BCUT2D eigenvalue weighted by molar-refractivity contribution is 0.0112. The zero-order chi connectivity index (χ0) is 12.6. The van der Waals surface area contributed by atoms with Crippen LogP contribution in [0, 0.1) is 5.41 Å². The van der Waals surface area contributed by atoms with Gasteiger partial charge in [-0.1, -0.05) is 41.0 Å². The first-order valence-corrected chi connectivity index (χ1v) is 6.73. The average molecular weight is 229 g/mol. The maximum Gasteiger partial charge on any atom is 0.0725 e. The van der Waals surface area contributed by atoms with E-state index in [-0.39, 0.29) is 0 Å². The first-order chi connectivity index (χ1) is 7.44. The third-order valence-corrected chi connectivity index (χ3v) is 3.01. The fraction of sp³-hybridized carbons (Fsp3) is 1.00. The summed E-state index contributed by atoms with van der Waals surface area (Å²) in [7, 11) is 2.04. The average Bonchev–Trinajstić information content (AvgIpc) is 2.20. The summed E-state index contributed by atoms with van der Waals surface area (Å²) in [5, 5.41) is 3.38. The van der Waals surface area contributed by atoms with Crippen molar-refractivity contribution < 1.29 is 4.74 Å². The highest BCUT2D eigenvalue weighted by Gasteiger charge is 2.19. The SMILES string of the molecule is CCCC(NC)C(CC)OCCC(C)(C)C. The molecule has 0 aromatic heterocycles. The van der Waals surface area contributed by atoms with E-state index >= 15 is 0 Å². The zero-order valence-corrected chi connectivity index (χ0v) is 12.1. The van der Waals surface area contributed by atoms with E-state index in [2.05, 4.69) is 39.9 Å². The Balaban J connectivity index is 3.98. The highest BCUT2D eigenvalue weighted by atomic mass is 16.5. The number of nitrogens with one attached hydrogen (secondary N) is 1. The molecule has 16 heavy (non-hydrogen) atoms. The molecule has 0 spiro atoms. The summed E-state index contributed by atoms with van der Waals surface area (Å²) >= 11 is 0. The topological polar surface area (TPSA) is 21.3 Å². The van der Waals surface area contributed by atoms with E-state index in [4.69, 9.17) is 4.74 Å². The summed E-state index contributed by atoms with van der Waals surface area (Å²) < 4.78 is 6.01. The Labute approximate surface area is 102 Å². The van der Waals surface area contributed by atoms with Gasteiger partial charge in [-0.05, 0) is 31.7 Å². The third-order valence-electron chi connectivity index (χ3n) is 3.01. The number of rotatable bonds is 8. The van der Waals surface area contributed by atoms with Gasteiger partial charge in [0.1, 0.15) is 0 Å². The molecule has 2 nitrogen and oxygen atoms in total. The third kappa shape index (κ3) is 7.24. The van der Waals surface area contributed by atoms with Crippen molar-refractivity contribution in [3.05, 3.63) is 0 Å². The van der Waals surface area contributed by atoms with E-state index in [1.54, 1.807) is 0 Å². The first-order valence-electron chi connectivity index (χ1n) is 6.73. The minimum atomic E-state index is 0.368. The van der Waals surface area contributed by atoms with Crippen LogP contribution in [0.1, 0.15) is 60.3 Å². The number of hydrogen-bond acceptors (Lipinski definition) is 2. The van der Waals surface area contributed by atoms with Gasteiger partial charge in [0, 0.05) is 12.6 Å². The van der Waals surface area contributed by atoms with Crippen LogP contribution < -0.4 is 5.32 Å². The standard InChI is InChI=1S/C14H31NO/c1-7-9-12(15-6)13(8-2)16-11-10-14(3,4)5/h12-13,15H,7-11H2,1-6H3. The van der Waals surface area contributed by atoms with E-state index in [1.165, 1.54) is 12.8 Å². The fourth-order valence-electron chi connectivity index (χ4n) is 1.86. The highest BCUT2D eigenvalue weighted by molar-refractivity contribution is 4.74. The maximum absolute atomic E-state index is 6.01. The second-order valence-electron chi connectivity index (χ2n) is 5.81. The van der Waals surface area contributed by atoms with Crippen molar-refractivity contribution in [3.63, 3.8) is 0 Å². The van der Waals surface area contributed by atoms with Crippen LogP contribution in [0.5, 0.6) is 0 Å². The quantitative estimate of drug-likeness (QED) is 0.686. The van der Waals surface area contributed by atoms with Crippen molar-refractivity contribution in [3.8, 4) is 0 Å². The van der Waals surface area contributed by atoms with E-state index in [1.807, 2.05) is 7.05 Å². The van der Waals surface area contributed by atoms with Gasteiger partial charge < -0.3 is 10.1 Å². The molecule has 0 amide bonds. The number of hydrogen-bond donors (Lipinski definition) is 1. The predicted molar refractivity (Wildman–Crippen MR) is 71.9 cm³/mol. The molecule has 2 unspecified atom stereocenters. The Morgan fingerprint density at radius 3 is 2.19 bits per heavy atom. The monoisotopic (exact) mass is 229 g/mol. The Morgan fingerprint density at radius 2 is 1.81 bits per heavy atom. The van der Waals surface area contributed by atoms with Crippen LogP contribution in [0.15, 0.2) is 0 Å². The van der Waals surface area contributed by atoms with Crippen LogP contribution in [-0.2, 0) is 4.74 Å². The van der Waals surface area contributed by atoms with Crippen LogP contribution in [0.2, 0.25) is 0 Å². The second-order valence-corrected chi connectivity index (χ2v) is 5.81. The lowest BCUT2D eigenvalue weighted by atomic mass is 9.93. The Bertz CT molecular complexity index is 163. The minimum Gasteiger partial charge on any atom is -0.377 e. The molecule has 98 valence electrons. The molecule has 0 aromatic rings. The summed E-state index contributed by atoms with van der Waals surface area (Å²) in [4.78, 5) is 0. The van der Waals surface area contributed by atoms with Crippen molar-refractivity contribution >= 4 is 0 Å². The molecule has 2 heteroatoms. The molecule has 0 aromatic carbocycles. The van der Waals surface area contributed by atoms with E-state index in [0.29, 0.717) is 17.6 Å². The molecule has 0 fully saturated rings. The van der Waals surface area contributed by atoms with Crippen molar-refractivity contribution in [1.29, 1.82) is 0 Å². The Morgan fingerprint density at radius 1 is 1.19 bits per heavy atom. The van der Waals surface area contributed by atoms with E-state index in [9.17, 15) is 0 Å². The van der Waals surface area contributed by atoms with Crippen LogP contribution >= 0.6 is 0 Å². The van der Waals surface area contributed by atoms with Crippen LogP contribution in [0.25, 0.3) is 0 Å². The van der Waals surface area contributed by atoms with Gasteiger partial charge in [0.15, 0.2) is 0 Å². The molecule has 0 aliphatic heterocycles. The molecule has 0 saturated carbocycles. The molecule has 0 saturated heterocycles. The van der Waals surface area contributed by atoms with Crippen molar-refractivity contribution in [2.24, 2.45) is 5.41 Å². The van der Waals surface area contributed by atoms with Gasteiger partial charge in [0.2, 0.25) is 0 Å². The highest BCUT2D eigenvalue weighted by Crippen LogP contribution is 2.19. The zero-order valence-electron chi connectivity index (χ0n) is 12.1. The van der Waals surface area contributed by atoms with Crippen LogP contribution in [-0.4, -0.2) is 25.8 Å². The normalized spacial score (nSPS) is 16.1. The Kier molecular flexibility index (Phi) is 8.04. The van der Waals surface area contributed by atoms with Crippen LogP contribution in [0.4, 0.5) is 0 Å². The van der Waals surface area contributed by atoms with Crippen molar-refractivity contribution in [2.75, 3.05) is 13.7 Å². The van der Waals surface area contributed by atoms with Gasteiger partial charge in [-0.15, -0.1) is 0 Å². The second kappa shape index (κ2) is 8.08. The number of ether oxygens (including phenoxy) is 1. The largest absolute Gasteiger partial charge is 0.377 e. The lowest BCUT2D eigenvalue weighted by Crippen LogP contribution is -2.39. The van der Waals surface area contributed by atoms with Gasteiger partial charge in [-0.2, -0.15) is 0 Å². The summed E-state index contributed by atoms with van der Waals surface area (Å²) in [6.45, 7) is 12.1. The molecule has 2 atom stereocenters. The molecule has 1 N–H and O–H groups in total. The summed E-state index contributed by atoms with van der Waals surface area (Å²) in [6.07, 6.45) is 5.00. The van der Waals surface area contributed by atoms with Gasteiger partial charge >= 0.3 is 0 Å². The molecule has 0 heterocycles. The van der Waals surface area contributed by atoms with Gasteiger partial charge in [-0.25, -0.2) is 0 Å². The fourth-order valence-corrected chi connectivity index (χ4v) is 1.86. The number of likely N-dealkylation sites (N-methyl/N-ethyl adjacent to an activating group) is 1. The molecule has 0 radical (unpaired) electrons. The summed E-state index contributed by atoms with van der Waals surface area (Å²) in [5.41, 5.74) is 0.373. The van der Waals surface area contributed by atoms with Gasteiger partial charge in [0.25, 0.3) is 0 Å². The van der Waals surface area contributed by atoms with E-state index < -0.39 is 0 Å². The van der Waals surface area contributed by atoms with Crippen LogP contribution in [0.3, 0.4) is 0 Å². The molecular formula is C14H31NO. The molecule has 0 bridgehead atoms. The molecule has 0 rings (SSSR count). The Hall–Kier alpha value is -0.0800. The molecular weight excluding hydrogens is 198 g/mol. The lowest BCUT2D eigenvalue weighted by Gasteiger charge is -2.27. The predicted octanol–water partition coefficient (Wildman–Crippen LogP) is 3.61. The van der Waals surface area contributed by atoms with E-state index in [0.717, 1.165) is 19.4 Å². The molecule has 0 aliphatic carbocycles. The van der Waals surface area contributed by atoms with Crippen molar-refractivity contribution in [2.45, 2.75) is 72.4 Å². The van der Waals surface area contributed by atoms with Crippen molar-refractivity contribution in [1.82, 2.24) is 5.32 Å². The first kappa shape index (κ1) is 15.9. The smallest absolute Gasteiger partial charge is 0.0725 e. The summed E-state index contributed by atoms with van der Waals surface area (Å²) in [5.74, 6) is 0. The van der Waals surface area contributed by atoms with Gasteiger partial charge in [0.05, 0.1) is 6.10 Å². The van der Waals surface area contributed by atoms with Gasteiger partial charge in [-0.3, -0.25) is 0 Å². The molecule has 0 aliphatic rings. The maximum atomic E-state index is 6.01.